The minimum Gasteiger partial charge on any atom is -0.467 e. The molecule has 0 aliphatic heterocycles. The van der Waals surface area contributed by atoms with Crippen LogP contribution in [0.4, 0.5) is 13.2 Å². The van der Waals surface area contributed by atoms with E-state index in [1.54, 1.807) is 43.3 Å². The third-order valence-corrected chi connectivity index (χ3v) is 6.47. The molecule has 0 spiro atoms. The van der Waals surface area contributed by atoms with Crippen molar-refractivity contribution in [1.82, 2.24) is 14.5 Å². The van der Waals surface area contributed by atoms with Crippen LogP contribution >= 0.6 is 11.8 Å². The third kappa shape index (κ3) is 5.17. The van der Waals surface area contributed by atoms with E-state index < -0.39 is 24.7 Å². The Morgan fingerprint density at radius 3 is 2.69 bits per heavy atom. The zero-order valence-electron chi connectivity index (χ0n) is 17.3. The van der Waals surface area contributed by atoms with Gasteiger partial charge in [0.2, 0.25) is 5.91 Å². The van der Waals surface area contributed by atoms with E-state index in [0.717, 1.165) is 29.5 Å². The molecular formula is C22H22F3N3O3S. The summed E-state index contributed by atoms with van der Waals surface area (Å²) in [5.41, 5.74) is 0.155. The maximum absolute atomic E-state index is 13.1. The van der Waals surface area contributed by atoms with Crippen molar-refractivity contribution < 1.29 is 22.4 Å². The number of aromatic nitrogens is 2. The molecule has 1 aliphatic rings. The molecule has 3 aromatic rings. The molecule has 0 bridgehead atoms. The van der Waals surface area contributed by atoms with E-state index in [-0.39, 0.29) is 28.9 Å². The number of benzene rings is 1. The van der Waals surface area contributed by atoms with Crippen LogP contribution in [-0.2, 0) is 11.3 Å². The molecule has 1 saturated carbocycles. The molecule has 1 amide bonds. The summed E-state index contributed by atoms with van der Waals surface area (Å²) in [6.45, 7) is 0.479. The second-order valence-electron chi connectivity index (χ2n) is 7.89. The molecule has 2 aromatic heterocycles. The molecule has 4 rings (SSSR count). The Morgan fingerprint density at radius 1 is 1.28 bits per heavy atom. The second-order valence-corrected chi connectivity index (χ2v) is 8.83. The molecular weight excluding hydrogens is 443 g/mol. The van der Waals surface area contributed by atoms with Gasteiger partial charge in [-0.1, -0.05) is 23.9 Å². The molecule has 1 aliphatic carbocycles. The monoisotopic (exact) mass is 465 g/mol. The van der Waals surface area contributed by atoms with Crippen LogP contribution in [0.25, 0.3) is 10.9 Å². The van der Waals surface area contributed by atoms with Crippen LogP contribution in [0, 0.1) is 5.92 Å². The van der Waals surface area contributed by atoms with E-state index in [0.29, 0.717) is 16.7 Å². The standard InChI is InChI=1S/C22H22F3N3O3S/c1-14(15-8-9-15)28(13-22(23,24)25)19(29)12-32-21-26-18-7-3-2-6-17(18)20(30)27(21)11-16-5-4-10-31-16/h2-7,10,14-15H,8-9,11-13H2,1H3. The topological polar surface area (TPSA) is 68.3 Å². The Bertz CT molecular complexity index is 1160. The fourth-order valence-corrected chi connectivity index (χ4v) is 4.54. The zero-order valence-corrected chi connectivity index (χ0v) is 18.2. The lowest BCUT2D eigenvalue weighted by atomic mass is 10.2. The number of furan rings is 1. The van der Waals surface area contributed by atoms with Gasteiger partial charge in [-0.2, -0.15) is 13.2 Å². The van der Waals surface area contributed by atoms with Crippen LogP contribution < -0.4 is 5.56 Å². The lowest BCUT2D eigenvalue weighted by molar-refractivity contribution is -0.164. The maximum atomic E-state index is 13.1. The number of alkyl halides is 3. The van der Waals surface area contributed by atoms with Gasteiger partial charge in [-0.3, -0.25) is 14.2 Å². The minimum atomic E-state index is -4.48. The Morgan fingerprint density at radius 2 is 2.03 bits per heavy atom. The average molecular weight is 465 g/mol. The van der Waals surface area contributed by atoms with Crippen molar-refractivity contribution in [2.45, 2.75) is 43.7 Å². The first-order valence-corrected chi connectivity index (χ1v) is 11.2. The van der Waals surface area contributed by atoms with Crippen molar-refractivity contribution in [3.8, 4) is 0 Å². The summed E-state index contributed by atoms with van der Waals surface area (Å²) in [7, 11) is 0. The molecule has 1 fully saturated rings. The third-order valence-electron chi connectivity index (χ3n) is 5.51. The normalized spacial score (nSPS) is 15.1. The smallest absolute Gasteiger partial charge is 0.406 e. The second kappa shape index (κ2) is 9.01. The molecule has 1 unspecified atom stereocenters. The first kappa shape index (κ1) is 22.4. The van der Waals surface area contributed by atoms with Crippen molar-refractivity contribution in [1.29, 1.82) is 0 Å². The number of carbonyl (C=O) groups excluding carboxylic acids is 1. The fourth-order valence-electron chi connectivity index (χ4n) is 3.65. The molecule has 170 valence electrons. The number of hydrogen-bond acceptors (Lipinski definition) is 5. The molecule has 32 heavy (non-hydrogen) atoms. The quantitative estimate of drug-likeness (QED) is 0.366. The summed E-state index contributed by atoms with van der Waals surface area (Å²) in [6.07, 6.45) is -1.35. The molecule has 1 atom stereocenters. The Labute approximate surface area is 186 Å². The van der Waals surface area contributed by atoms with E-state index in [4.69, 9.17) is 4.42 Å². The lowest BCUT2D eigenvalue weighted by Crippen LogP contribution is -2.46. The minimum absolute atomic E-state index is 0.0993. The number of thioether (sulfide) groups is 1. The fraction of sp³-hybridized carbons (Fsp3) is 0.409. The van der Waals surface area contributed by atoms with Crippen LogP contribution in [0.3, 0.4) is 0 Å². The zero-order chi connectivity index (χ0) is 22.9. The summed E-state index contributed by atoms with van der Waals surface area (Å²) in [5.74, 6) is -0.255. The molecule has 0 radical (unpaired) electrons. The highest BCUT2D eigenvalue weighted by atomic mass is 32.2. The maximum Gasteiger partial charge on any atom is 0.406 e. The van der Waals surface area contributed by atoms with Gasteiger partial charge in [-0.25, -0.2) is 4.98 Å². The van der Waals surface area contributed by atoms with Gasteiger partial charge in [0.05, 0.1) is 29.5 Å². The van der Waals surface area contributed by atoms with Gasteiger partial charge in [0.25, 0.3) is 5.56 Å². The largest absolute Gasteiger partial charge is 0.467 e. The number of halogens is 3. The molecule has 6 nitrogen and oxygen atoms in total. The van der Waals surface area contributed by atoms with Gasteiger partial charge in [0.1, 0.15) is 12.3 Å². The van der Waals surface area contributed by atoms with Crippen molar-refractivity contribution in [2.24, 2.45) is 5.92 Å². The predicted octanol–water partition coefficient (Wildman–Crippen LogP) is 4.32. The summed E-state index contributed by atoms with van der Waals surface area (Å²) < 4.78 is 46.1. The van der Waals surface area contributed by atoms with Crippen molar-refractivity contribution in [3.63, 3.8) is 0 Å². The summed E-state index contributed by atoms with van der Waals surface area (Å²) in [6, 6.07) is 9.74. The predicted molar refractivity (Wildman–Crippen MR) is 114 cm³/mol. The van der Waals surface area contributed by atoms with Crippen molar-refractivity contribution in [2.75, 3.05) is 12.3 Å². The number of amides is 1. The van der Waals surface area contributed by atoms with Gasteiger partial charge in [0, 0.05) is 6.04 Å². The average Bonchev–Trinajstić information content (AvgIpc) is 3.48. The lowest BCUT2D eigenvalue weighted by Gasteiger charge is -2.30. The number of para-hydroxylation sites is 1. The Kier molecular flexibility index (Phi) is 6.32. The summed E-state index contributed by atoms with van der Waals surface area (Å²) >= 11 is 0.961. The van der Waals surface area contributed by atoms with E-state index in [9.17, 15) is 22.8 Å². The summed E-state index contributed by atoms with van der Waals surface area (Å²) in [5, 5.41) is 0.667. The first-order chi connectivity index (χ1) is 15.2. The molecule has 0 N–H and O–H groups in total. The number of carbonyl (C=O) groups is 1. The highest BCUT2D eigenvalue weighted by molar-refractivity contribution is 7.99. The molecule has 0 saturated heterocycles. The number of hydrogen-bond donors (Lipinski definition) is 0. The summed E-state index contributed by atoms with van der Waals surface area (Å²) in [4.78, 5) is 31.3. The number of nitrogens with zero attached hydrogens (tertiary/aromatic N) is 3. The Hall–Kier alpha value is -2.75. The molecule has 1 aromatic carbocycles. The van der Waals surface area contributed by atoms with Crippen LogP contribution in [0.1, 0.15) is 25.5 Å². The van der Waals surface area contributed by atoms with Gasteiger partial charge >= 0.3 is 6.18 Å². The van der Waals surface area contributed by atoms with Crippen LogP contribution in [0.2, 0.25) is 0 Å². The number of fused-ring (bicyclic) bond motifs is 1. The van der Waals surface area contributed by atoms with Crippen molar-refractivity contribution >= 4 is 28.6 Å². The van der Waals surface area contributed by atoms with Crippen LogP contribution in [-0.4, -0.2) is 44.9 Å². The van der Waals surface area contributed by atoms with E-state index >= 15 is 0 Å². The van der Waals surface area contributed by atoms with Gasteiger partial charge < -0.3 is 9.32 Å². The highest BCUT2D eigenvalue weighted by Crippen LogP contribution is 2.36. The van der Waals surface area contributed by atoms with Crippen LogP contribution in [0.5, 0.6) is 0 Å². The molecule has 10 heteroatoms. The van der Waals surface area contributed by atoms with E-state index in [2.05, 4.69) is 4.98 Å². The number of rotatable bonds is 8. The first-order valence-electron chi connectivity index (χ1n) is 10.2. The van der Waals surface area contributed by atoms with E-state index in [1.807, 2.05) is 0 Å². The molecule has 2 heterocycles. The SMILES string of the molecule is CC(C1CC1)N(CC(F)(F)F)C(=O)CSc1nc2ccccc2c(=O)n1Cc1ccco1. The highest BCUT2D eigenvalue weighted by Gasteiger charge is 2.40. The van der Waals surface area contributed by atoms with E-state index in [1.165, 1.54) is 10.8 Å². The van der Waals surface area contributed by atoms with Crippen molar-refractivity contribution in [3.05, 3.63) is 58.8 Å². The Balaban J connectivity index is 1.61. The van der Waals surface area contributed by atoms with Gasteiger partial charge in [0.15, 0.2) is 5.16 Å². The van der Waals surface area contributed by atoms with Crippen LogP contribution in [0.15, 0.2) is 57.0 Å². The van der Waals surface area contributed by atoms with Gasteiger partial charge in [-0.05, 0) is 49.9 Å². The van der Waals surface area contributed by atoms with Gasteiger partial charge in [-0.15, -0.1) is 0 Å².